The number of unbranched alkanes of at least 4 members (excludes halogenated alkanes) is 3. The van der Waals surface area contributed by atoms with Gasteiger partial charge in [-0.1, -0.05) is 52.5 Å². The third-order valence-corrected chi connectivity index (χ3v) is 9.89. The molecular formula is C33H43BrClN3O7. The van der Waals surface area contributed by atoms with Crippen molar-refractivity contribution in [2.75, 3.05) is 31.1 Å². The molecule has 0 radical (unpaired) electrons. The van der Waals surface area contributed by atoms with E-state index in [2.05, 4.69) is 34.4 Å². The zero-order chi connectivity index (χ0) is 32.7. The molecule has 3 saturated heterocycles. The number of alkyl halides is 1. The molecule has 246 valence electrons. The van der Waals surface area contributed by atoms with E-state index in [1.807, 2.05) is 0 Å². The molecule has 3 heterocycles. The van der Waals surface area contributed by atoms with Crippen LogP contribution >= 0.6 is 27.5 Å². The SMILES string of the molecule is C=CCCC(=O)NC[C@H](C)OC(=O)[C@@H]1[C@H]2O[C@@]3(CC2Br)[C@H](C(=O)N(CC=C)c2ccc(Cl)cc2)N(CCCCCCO)C(=O)[C@@H]13. The first-order chi connectivity index (χ1) is 21.6. The van der Waals surface area contributed by atoms with Crippen molar-refractivity contribution >= 4 is 56.9 Å². The Bertz CT molecular complexity index is 1260. The zero-order valence-corrected chi connectivity index (χ0v) is 28.0. The van der Waals surface area contributed by atoms with Crippen LogP contribution in [-0.2, 0) is 28.7 Å². The first-order valence-corrected chi connectivity index (χ1v) is 16.9. The third-order valence-electron chi connectivity index (χ3n) is 8.80. The lowest BCUT2D eigenvalue weighted by Crippen LogP contribution is -2.57. The molecule has 7 atom stereocenters. The highest BCUT2D eigenvalue weighted by Gasteiger charge is 2.77. The quantitative estimate of drug-likeness (QED) is 0.108. The summed E-state index contributed by atoms with van der Waals surface area (Å²) in [4.78, 5) is 57.5. The number of allylic oxidation sites excluding steroid dienone is 1. The smallest absolute Gasteiger partial charge is 0.312 e. The van der Waals surface area contributed by atoms with Gasteiger partial charge >= 0.3 is 5.97 Å². The van der Waals surface area contributed by atoms with Crippen LogP contribution < -0.4 is 10.2 Å². The first kappa shape index (κ1) is 35.1. The van der Waals surface area contributed by atoms with Crippen LogP contribution in [0.1, 0.15) is 51.9 Å². The highest BCUT2D eigenvalue weighted by Crippen LogP contribution is 2.60. The van der Waals surface area contributed by atoms with E-state index in [4.69, 9.17) is 21.1 Å². The summed E-state index contributed by atoms with van der Waals surface area (Å²) in [6, 6.07) is 5.90. The predicted octanol–water partition coefficient (Wildman–Crippen LogP) is 4.17. The highest BCUT2D eigenvalue weighted by atomic mass is 79.9. The molecule has 3 fully saturated rings. The van der Waals surface area contributed by atoms with Gasteiger partial charge in [-0.2, -0.15) is 0 Å². The standard InChI is InChI=1S/C33H43BrClN3O7/c1-4-6-11-25(40)36-20-21(3)44-32(43)26-27-30(41)38(17-9-7-8-10-18-39)29(33(27)19-24(34)28(26)45-33)31(42)37(16-5-2)23-14-12-22(35)13-15-23/h4-5,12-15,21,24,26-29,39H,1-2,6-11,16-20H2,3H3,(H,36,40)/t21-,24?,26-,27+,28-,29-,33+/m0/s1. The highest BCUT2D eigenvalue weighted by molar-refractivity contribution is 9.09. The Morgan fingerprint density at radius 1 is 1.22 bits per heavy atom. The molecule has 45 heavy (non-hydrogen) atoms. The van der Waals surface area contributed by atoms with Gasteiger partial charge in [-0.25, -0.2) is 0 Å². The summed E-state index contributed by atoms with van der Waals surface area (Å²) in [7, 11) is 0. The van der Waals surface area contributed by atoms with Crippen molar-refractivity contribution in [1.82, 2.24) is 10.2 Å². The maximum Gasteiger partial charge on any atom is 0.312 e. The second kappa shape index (κ2) is 15.7. The number of likely N-dealkylation sites (tertiary alicyclic amines) is 1. The minimum atomic E-state index is -1.24. The van der Waals surface area contributed by atoms with Crippen LogP contribution in [-0.4, -0.2) is 88.6 Å². The first-order valence-electron chi connectivity index (χ1n) is 15.6. The van der Waals surface area contributed by atoms with Gasteiger partial charge in [0.05, 0.1) is 24.5 Å². The number of aliphatic hydroxyl groups excluding tert-OH is 1. The Labute approximate surface area is 278 Å². The summed E-state index contributed by atoms with van der Waals surface area (Å²) < 4.78 is 12.4. The molecule has 4 rings (SSSR count). The fraction of sp³-hybridized carbons (Fsp3) is 0.576. The molecule has 10 nitrogen and oxygen atoms in total. The van der Waals surface area contributed by atoms with Crippen molar-refractivity contribution < 1.29 is 33.8 Å². The normalized spacial score (nSPS) is 27.2. The number of carbonyl (C=O) groups excluding carboxylic acids is 4. The van der Waals surface area contributed by atoms with E-state index in [-0.39, 0.29) is 48.7 Å². The number of esters is 1. The van der Waals surface area contributed by atoms with Gasteiger partial charge in [0, 0.05) is 41.7 Å². The summed E-state index contributed by atoms with van der Waals surface area (Å²) in [5.41, 5.74) is -0.641. The number of halogens is 2. The molecule has 1 spiro atoms. The molecule has 1 aromatic carbocycles. The van der Waals surface area contributed by atoms with Crippen LogP contribution in [0.3, 0.4) is 0 Å². The Balaban J connectivity index is 1.62. The number of amides is 3. The number of hydrogen-bond acceptors (Lipinski definition) is 7. The zero-order valence-electron chi connectivity index (χ0n) is 25.7. The molecule has 1 aromatic rings. The molecular weight excluding hydrogens is 666 g/mol. The molecule has 3 aliphatic rings. The van der Waals surface area contributed by atoms with Crippen molar-refractivity contribution in [1.29, 1.82) is 0 Å². The summed E-state index contributed by atoms with van der Waals surface area (Å²) in [5.74, 6) is -3.22. The molecule has 2 N–H and O–H groups in total. The number of nitrogens with zero attached hydrogens (tertiary/aromatic N) is 2. The topological polar surface area (TPSA) is 125 Å². The van der Waals surface area contributed by atoms with Gasteiger partial charge in [0.2, 0.25) is 11.8 Å². The molecule has 3 amide bonds. The monoisotopic (exact) mass is 707 g/mol. The van der Waals surface area contributed by atoms with Gasteiger partial charge in [-0.3, -0.25) is 19.2 Å². The third kappa shape index (κ3) is 7.48. The van der Waals surface area contributed by atoms with E-state index in [1.54, 1.807) is 53.1 Å². The fourth-order valence-electron chi connectivity index (χ4n) is 6.78. The summed E-state index contributed by atoms with van der Waals surface area (Å²) >= 11 is 9.81. The lowest BCUT2D eigenvalue weighted by Gasteiger charge is -2.37. The van der Waals surface area contributed by atoms with Gasteiger partial charge in [0.1, 0.15) is 17.7 Å². The van der Waals surface area contributed by atoms with Gasteiger partial charge in [0.15, 0.2) is 0 Å². The van der Waals surface area contributed by atoms with E-state index in [9.17, 15) is 24.3 Å². The van der Waals surface area contributed by atoms with E-state index >= 15 is 0 Å². The lowest BCUT2D eigenvalue weighted by molar-refractivity contribution is -0.159. The van der Waals surface area contributed by atoms with E-state index in [0.717, 1.165) is 12.8 Å². The number of benzene rings is 1. The second-order valence-electron chi connectivity index (χ2n) is 11.9. The van der Waals surface area contributed by atoms with Crippen molar-refractivity contribution in [3.05, 3.63) is 54.6 Å². The van der Waals surface area contributed by atoms with Gasteiger partial charge in [0.25, 0.3) is 5.91 Å². The van der Waals surface area contributed by atoms with Crippen LogP contribution in [0.15, 0.2) is 49.6 Å². The van der Waals surface area contributed by atoms with Crippen molar-refractivity contribution in [3.8, 4) is 0 Å². The van der Waals surface area contributed by atoms with Gasteiger partial charge in [-0.05, 0) is 56.9 Å². The van der Waals surface area contributed by atoms with Crippen LogP contribution in [0.2, 0.25) is 5.02 Å². The second-order valence-corrected chi connectivity index (χ2v) is 13.5. The van der Waals surface area contributed by atoms with Crippen LogP contribution in [0, 0.1) is 11.8 Å². The van der Waals surface area contributed by atoms with Gasteiger partial charge < -0.3 is 29.7 Å². The summed E-state index contributed by atoms with van der Waals surface area (Å²) in [5, 5.41) is 12.5. The minimum Gasteiger partial charge on any atom is -0.460 e. The number of carbonyl (C=O) groups is 4. The van der Waals surface area contributed by atoms with Crippen molar-refractivity contribution in [2.24, 2.45) is 11.8 Å². The molecule has 0 aliphatic carbocycles. The number of aliphatic hydroxyl groups is 1. The number of nitrogens with one attached hydrogen (secondary N) is 1. The predicted molar refractivity (Wildman–Crippen MR) is 175 cm³/mol. The lowest BCUT2D eigenvalue weighted by atomic mass is 9.70. The van der Waals surface area contributed by atoms with E-state index in [0.29, 0.717) is 42.9 Å². The van der Waals surface area contributed by atoms with Crippen molar-refractivity contribution in [2.45, 2.75) is 80.5 Å². The molecule has 12 heteroatoms. The Morgan fingerprint density at radius 3 is 2.60 bits per heavy atom. The van der Waals surface area contributed by atoms with Crippen LogP contribution in [0.5, 0.6) is 0 Å². The number of anilines is 1. The Morgan fingerprint density at radius 2 is 1.93 bits per heavy atom. The number of ether oxygens (including phenoxy) is 2. The minimum absolute atomic E-state index is 0.0924. The molecule has 3 aliphatic heterocycles. The number of hydrogen-bond donors (Lipinski definition) is 2. The maximum absolute atomic E-state index is 14.6. The fourth-order valence-corrected chi connectivity index (χ4v) is 7.85. The molecule has 2 bridgehead atoms. The molecule has 0 aromatic heterocycles. The largest absolute Gasteiger partial charge is 0.460 e. The maximum atomic E-state index is 14.6. The number of rotatable bonds is 17. The summed E-state index contributed by atoms with van der Waals surface area (Å²) in [6.45, 7) is 9.85. The molecule has 0 saturated carbocycles. The Kier molecular flexibility index (Phi) is 12.3. The average Bonchev–Trinajstić information content (AvgIpc) is 3.61. The van der Waals surface area contributed by atoms with Gasteiger partial charge in [-0.15, -0.1) is 13.2 Å². The summed E-state index contributed by atoms with van der Waals surface area (Å²) in [6.07, 6.45) is 6.01. The van der Waals surface area contributed by atoms with E-state index < -0.39 is 41.7 Å². The number of fused-ring (bicyclic) bond motifs is 1. The van der Waals surface area contributed by atoms with Crippen LogP contribution in [0.4, 0.5) is 5.69 Å². The molecule has 1 unspecified atom stereocenters. The average molecular weight is 709 g/mol. The van der Waals surface area contributed by atoms with Crippen molar-refractivity contribution in [3.63, 3.8) is 0 Å². The Hall–Kier alpha value is -2.73. The van der Waals surface area contributed by atoms with E-state index in [1.165, 1.54) is 0 Å². The van der Waals surface area contributed by atoms with Crippen LogP contribution in [0.25, 0.3) is 0 Å².